The van der Waals surface area contributed by atoms with E-state index in [9.17, 15) is 0 Å². The highest BCUT2D eigenvalue weighted by Gasteiger charge is 2.21. The number of thiophene rings is 1. The van der Waals surface area contributed by atoms with Crippen LogP contribution in [0.15, 0.2) is 12.1 Å². The molecule has 1 aliphatic heterocycles. The molecule has 1 nitrogen and oxygen atoms in total. The molecule has 1 fully saturated rings. The van der Waals surface area contributed by atoms with E-state index in [0.29, 0.717) is 5.41 Å². The molecule has 0 saturated carbocycles. The van der Waals surface area contributed by atoms with E-state index in [2.05, 4.69) is 51.7 Å². The first-order valence-corrected chi connectivity index (χ1v) is 9.01. The van der Waals surface area contributed by atoms with Gasteiger partial charge in [0.1, 0.15) is 0 Å². The number of rotatable bonds is 4. The third kappa shape index (κ3) is 4.33. The van der Waals surface area contributed by atoms with Gasteiger partial charge in [-0.25, -0.2) is 0 Å². The SMILES string of the molecule is CC(Cc1ccc(C(C)(C)C)s1)CN1CCCCC1C. The van der Waals surface area contributed by atoms with Crippen LogP contribution in [-0.4, -0.2) is 24.0 Å². The minimum Gasteiger partial charge on any atom is -0.300 e. The van der Waals surface area contributed by atoms with Gasteiger partial charge in [-0.15, -0.1) is 11.3 Å². The van der Waals surface area contributed by atoms with Gasteiger partial charge in [-0.2, -0.15) is 0 Å². The molecule has 1 aliphatic rings. The first kappa shape index (κ1) is 16.0. The Balaban J connectivity index is 1.88. The van der Waals surface area contributed by atoms with Crippen molar-refractivity contribution in [1.82, 2.24) is 4.90 Å². The first-order chi connectivity index (χ1) is 9.36. The number of hydrogen-bond donors (Lipinski definition) is 0. The molecule has 0 aromatic carbocycles. The number of likely N-dealkylation sites (tertiary alicyclic amines) is 1. The van der Waals surface area contributed by atoms with Crippen LogP contribution in [-0.2, 0) is 11.8 Å². The second-order valence-corrected chi connectivity index (χ2v) is 8.83. The summed E-state index contributed by atoms with van der Waals surface area (Å²) in [7, 11) is 0. The van der Waals surface area contributed by atoms with Gasteiger partial charge in [0.2, 0.25) is 0 Å². The topological polar surface area (TPSA) is 3.24 Å². The highest BCUT2D eigenvalue weighted by molar-refractivity contribution is 7.12. The standard InChI is InChI=1S/C18H31NS/c1-14(13-19-11-7-6-8-15(19)2)12-16-9-10-17(20-16)18(3,4)5/h9-10,14-15H,6-8,11-13H2,1-5H3. The van der Waals surface area contributed by atoms with Gasteiger partial charge in [-0.3, -0.25) is 0 Å². The van der Waals surface area contributed by atoms with Crippen LogP contribution < -0.4 is 0 Å². The van der Waals surface area contributed by atoms with Crippen LogP contribution in [0, 0.1) is 5.92 Å². The predicted octanol–water partition coefficient (Wildman–Crippen LogP) is 5.10. The molecule has 2 rings (SSSR count). The van der Waals surface area contributed by atoms with E-state index in [4.69, 9.17) is 0 Å². The van der Waals surface area contributed by atoms with Crippen molar-refractivity contribution in [2.45, 2.75) is 71.8 Å². The molecule has 2 atom stereocenters. The zero-order valence-corrected chi connectivity index (χ0v) is 14.7. The summed E-state index contributed by atoms with van der Waals surface area (Å²) in [4.78, 5) is 5.78. The zero-order valence-electron chi connectivity index (χ0n) is 13.9. The van der Waals surface area contributed by atoms with Crippen LogP contribution in [0.4, 0.5) is 0 Å². The lowest BCUT2D eigenvalue weighted by atomic mass is 9.95. The molecule has 0 N–H and O–H groups in total. The summed E-state index contributed by atoms with van der Waals surface area (Å²) in [6.45, 7) is 14.3. The third-order valence-electron chi connectivity index (χ3n) is 4.44. The summed E-state index contributed by atoms with van der Waals surface area (Å²) in [6.07, 6.45) is 5.44. The minimum atomic E-state index is 0.299. The second-order valence-electron chi connectivity index (χ2n) is 7.66. The number of hydrogen-bond acceptors (Lipinski definition) is 2. The Labute approximate surface area is 129 Å². The normalized spacial score (nSPS) is 22.9. The Morgan fingerprint density at radius 2 is 2.05 bits per heavy atom. The Morgan fingerprint density at radius 3 is 2.65 bits per heavy atom. The summed E-state index contributed by atoms with van der Waals surface area (Å²) in [5, 5.41) is 0. The molecule has 2 unspecified atom stereocenters. The highest BCUT2D eigenvalue weighted by atomic mass is 32.1. The summed E-state index contributed by atoms with van der Waals surface area (Å²) >= 11 is 2.01. The largest absolute Gasteiger partial charge is 0.300 e. The molecule has 0 spiro atoms. The Hall–Kier alpha value is -0.340. The quantitative estimate of drug-likeness (QED) is 0.746. The third-order valence-corrected chi connectivity index (χ3v) is 5.97. The van der Waals surface area contributed by atoms with E-state index in [-0.39, 0.29) is 0 Å². The fraction of sp³-hybridized carbons (Fsp3) is 0.778. The van der Waals surface area contributed by atoms with Crippen molar-refractivity contribution in [3.8, 4) is 0 Å². The van der Waals surface area contributed by atoms with Crippen molar-refractivity contribution >= 4 is 11.3 Å². The molecule has 2 heteroatoms. The van der Waals surface area contributed by atoms with Crippen molar-refractivity contribution in [2.24, 2.45) is 5.92 Å². The molecule has 0 amide bonds. The van der Waals surface area contributed by atoms with Gasteiger partial charge < -0.3 is 4.90 Å². The van der Waals surface area contributed by atoms with Crippen LogP contribution in [0.1, 0.15) is 63.6 Å². The van der Waals surface area contributed by atoms with Gasteiger partial charge in [-0.1, -0.05) is 34.1 Å². The first-order valence-electron chi connectivity index (χ1n) is 8.19. The molecule has 2 heterocycles. The van der Waals surface area contributed by atoms with Gasteiger partial charge >= 0.3 is 0 Å². The molecule has 1 aromatic rings. The molecule has 114 valence electrons. The molecular formula is C18H31NS. The van der Waals surface area contributed by atoms with Gasteiger partial charge in [0.15, 0.2) is 0 Å². The molecule has 1 aromatic heterocycles. The monoisotopic (exact) mass is 293 g/mol. The van der Waals surface area contributed by atoms with E-state index < -0.39 is 0 Å². The molecule has 0 radical (unpaired) electrons. The van der Waals surface area contributed by atoms with E-state index >= 15 is 0 Å². The average Bonchev–Trinajstić information content (AvgIpc) is 2.80. The predicted molar refractivity (Wildman–Crippen MR) is 90.8 cm³/mol. The fourth-order valence-corrected chi connectivity index (χ4v) is 4.36. The van der Waals surface area contributed by atoms with E-state index in [0.717, 1.165) is 12.0 Å². The van der Waals surface area contributed by atoms with Crippen LogP contribution in [0.3, 0.4) is 0 Å². The van der Waals surface area contributed by atoms with Crippen LogP contribution >= 0.6 is 11.3 Å². The fourth-order valence-electron chi connectivity index (χ4n) is 3.13. The Kier molecular flexibility index (Phi) is 5.30. The summed E-state index contributed by atoms with van der Waals surface area (Å²) < 4.78 is 0. The van der Waals surface area contributed by atoms with E-state index in [1.54, 1.807) is 4.88 Å². The van der Waals surface area contributed by atoms with Crippen molar-refractivity contribution in [1.29, 1.82) is 0 Å². The lowest BCUT2D eigenvalue weighted by molar-refractivity contribution is 0.140. The lowest BCUT2D eigenvalue weighted by Gasteiger charge is -2.35. The zero-order chi connectivity index (χ0) is 14.8. The van der Waals surface area contributed by atoms with Crippen molar-refractivity contribution in [3.63, 3.8) is 0 Å². The molecular weight excluding hydrogens is 262 g/mol. The van der Waals surface area contributed by atoms with Gasteiger partial charge in [0, 0.05) is 22.3 Å². The maximum atomic E-state index is 2.70. The van der Waals surface area contributed by atoms with E-state index in [1.807, 2.05) is 11.3 Å². The van der Waals surface area contributed by atoms with Crippen LogP contribution in [0.25, 0.3) is 0 Å². The molecule has 0 bridgehead atoms. The summed E-state index contributed by atoms with van der Waals surface area (Å²) in [5.41, 5.74) is 0.299. The van der Waals surface area contributed by atoms with E-state index in [1.165, 1.54) is 43.6 Å². The van der Waals surface area contributed by atoms with Crippen molar-refractivity contribution in [2.75, 3.05) is 13.1 Å². The Morgan fingerprint density at radius 1 is 1.30 bits per heavy atom. The minimum absolute atomic E-state index is 0.299. The van der Waals surface area contributed by atoms with Crippen molar-refractivity contribution in [3.05, 3.63) is 21.9 Å². The maximum Gasteiger partial charge on any atom is 0.0102 e. The summed E-state index contributed by atoms with van der Waals surface area (Å²) in [5.74, 6) is 0.766. The molecule has 20 heavy (non-hydrogen) atoms. The number of piperidine rings is 1. The lowest BCUT2D eigenvalue weighted by Crippen LogP contribution is -2.40. The molecule has 1 saturated heterocycles. The van der Waals surface area contributed by atoms with Crippen LogP contribution in [0.5, 0.6) is 0 Å². The number of nitrogens with zero attached hydrogens (tertiary/aromatic N) is 1. The smallest absolute Gasteiger partial charge is 0.0102 e. The molecule has 0 aliphatic carbocycles. The Bertz CT molecular complexity index is 415. The van der Waals surface area contributed by atoms with Gasteiger partial charge in [0.05, 0.1) is 0 Å². The van der Waals surface area contributed by atoms with Gasteiger partial charge in [-0.05, 0) is 56.2 Å². The van der Waals surface area contributed by atoms with Crippen LogP contribution in [0.2, 0.25) is 0 Å². The average molecular weight is 294 g/mol. The summed E-state index contributed by atoms with van der Waals surface area (Å²) in [6, 6.07) is 5.47. The van der Waals surface area contributed by atoms with Crippen molar-refractivity contribution < 1.29 is 0 Å². The second kappa shape index (κ2) is 6.62. The van der Waals surface area contributed by atoms with Gasteiger partial charge in [0.25, 0.3) is 0 Å². The maximum absolute atomic E-state index is 2.70. The highest BCUT2D eigenvalue weighted by Crippen LogP contribution is 2.31.